The van der Waals surface area contributed by atoms with Gasteiger partial charge in [-0.15, -0.1) is 11.8 Å². The van der Waals surface area contributed by atoms with Crippen molar-refractivity contribution in [3.63, 3.8) is 0 Å². The highest BCUT2D eigenvalue weighted by molar-refractivity contribution is 8.00. The van der Waals surface area contributed by atoms with E-state index in [9.17, 15) is 13.2 Å². The Kier molecular flexibility index (Phi) is 6.90. The molecule has 1 N–H and O–H groups in total. The maximum absolute atomic E-state index is 12.4. The molecule has 3 aromatic carbocycles. The third-order valence-electron chi connectivity index (χ3n) is 4.04. The number of hydrogen-bond donors (Lipinski definition) is 1. The van der Waals surface area contributed by atoms with E-state index in [2.05, 4.69) is 4.72 Å². The number of carbonyl (C=O) groups excluding carboxylic acids is 1. The number of hydrogen-bond acceptors (Lipinski definition) is 4. The minimum atomic E-state index is -3.65. The molecule has 0 aliphatic heterocycles. The second-order valence-corrected chi connectivity index (χ2v) is 9.85. The van der Waals surface area contributed by atoms with E-state index in [1.54, 1.807) is 60.7 Å². The van der Waals surface area contributed by atoms with E-state index in [4.69, 9.17) is 23.2 Å². The van der Waals surface area contributed by atoms with Crippen molar-refractivity contribution in [2.24, 2.45) is 0 Å². The Balaban J connectivity index is 1.63. The Morgan fingerprint density at radius 3 is 2.24 bits per heavy atom. The summed E-state index contributed by atoms with van der Waals surface area (Å²) in [5.74, 6) is 0.0938. The number of thioether (sulfide) groups is 1. The number of anilines is 1. The van der Waals surface area contributed by atoms with Gasteiger partial charge in [0, 0.05) is 21.2 Å². The number of sulfonamides is 1. The number of ketones is 1. The lowest BCUT2D eigenvalue weighted by atomic mass is 10.1. The first-order valence-corrected chi connectivity index (χ1v) is 11.8. The maximum atomic E-state index is 12.4. The van der Waals surface area contributed by atoms with Gasteiger partial charge in [-0.1, -0.05) is 40.9 Å². The van der Waals surface area contributed by atoms with E-state index >= 15 is 0 Å². The van der Waals surface area contributed by atoms with Crippen LogP contribution in [0.5, 0.6) is 0 Å². The van der Waals surface area contributed by atoms with Gasteiger partial charge in [0.2, 0.25) is 0 Å². The van der Waals surface area contributed by atoms with Crippen molar-refractivity contribution in [1.82, 2.24) is 0 Å². The number of aryl methyl sites for hydroxylation is 1. The third kappa shape index (κ3) is 5.76. The average molecular weight is 466 g/mol. The zero-order valence-electron chi connectivity index (χ0n) is 15.4. The number of halogens is 2. The predicted octanol–water partition coefficient (Wildman–Crippen LogP) is 6.08. The van der Waals surface area contributed by atoms with Gasteiger partial charge in [0.05, 0.1) is 15.7 Å². The zero-order chi connectivity index (χ0) is 21.0. The summed E-state index contributed by atoms with van der Waals surface area (Å²) < 4.78 is 27.4. The van der Waals surface area contributed by atoms with Gasteiger partial charge in [-0.05, 0) is 61.5 Å². The molecule has 0 saturated heterocycles. The molecule has 0 unspecified atom stereocenters. The highest BCUT2D eigenvalue weighted by atomic mass is 35.5. The van der Waals surface area contributed by atoms with Crippen molar-refractivity contribution in [3.8, 4) is 0 Å². The number of benzene rings is 3. The van der Waals surface area contributed by atoms with Crippen molar-refractivity contribution >= 4 is 56.5 Å². The zero-order valence-corrected chi connectivity index (χ0v) is 18.5. The molecule has 3 aromatic rings. The Morgan fingerprint density at radius 2 is 1.62 bits per heavy atom. The van der Waals surface area contributed by atoms with Gasteiger partial charge in [0.15, 0.2) is 5.78 Å². The summed E-state index contributed by atoms with van der Waals surface area (Å²) in [6.45, 7) is 1.89. The molecule has 0 aliphatic rings. The van der Waals surface area contributed by atoms with Gasteiger partial charge in [-0.25, -0.2) is 8.42 Å². The van der Waals surface area contributed by atoms with Crippen molar-refractivity contribution in [2.75, 3.05) is 10.5 Å². The number of nitrogens with one attached hydrogen (secondary N) is 1. The molecule has 29 heavy (non-hydrogen) atoms. The Morgan fingerprint density at radius 1 is 0.966 bits per heavy atom. The molecule has 0 spiro atoms. The molecule has 0 aromatic heterocycles. The average Bonchev–Trinajstić information content (AvgIpc) is 2.67. The van der Waals surface area contributed by atoms with Crippen LogP contribution in [0.15, 0.2) is 76.5 Å². The van der Waals surface area contributed by atoms with E-state index in [-0.39, 0.29) is 16.4 Å². The fourth-order valence-corrected chi connectivity index (χ4v) is 4.85. The van der Waals surface area contributed by atoms with Crippen molar-refractivity contribution in [3.05, 3.63) is 87.9 Å². The van der Waals surface area contributed by atoms with Crippen LogP contribution >= 0.6 is 35.0 Å². The van der Waals surface area contributed by atoms with Gasteiger partial charge >= 0.3 is 0 Å². The summed E-state index contributed by atoms with van der Waals surface area (Å²) in [5, 5.41) is 0.798. The molecule has 0 fully saturated rings. The van der Waals surface area contributed by atoms with Crippen molar-refractivity contribution in [1.29, 1.82) is 0 Å². The normalized spacial score (nSPS) is 11.3. The van der Waals surface area contributed by atoms with Gasteiger partial charge in [0.25, 0.3) is 10.0 Å². The van der Waals surface area contributed by atoms with Crippen LogP contribution in [-0.4, -0.2) is 20.0 Å². The SMILES string of the molecule is Cc1ccc(S(=O)(=O)Nc2ccc(SCC(=O)c3ccc(Cl)cc3Cl)cc2)cc1. The van der Waals surface area contributed by atoms with Crippen LogP contribution in [0.2, 0.25) is 10.0 Å². The number of Topliss-reactive ketones (excluding diaryl/α,β-unsaturated/α-hetero) is 1. The highest BCUT2D eigenvalue weighted by Gasteiger charge is 2.14. The highest BCUT2D eigenvalue weighted by Crippen LogP contribution is 2.26. The molecular weight excluding hydrogens is 449 g/mol. The molecular formula is C21H17Cl2NO3S2. The molecule has 0 bridgehead atoms. The van der Waals surface area contributed by atoms with Crippen LogP contribution in [0.4, 0.5) is 5.69 Å². The first kappa shape index (κ1) is 21.7. The smallest absolute Gasteiger partial charge is 0.261 e. The molecule has 0 heterocycles. The largest absolute Gasteiger partial charge is 0.293 e. The topological polar surface area (TPSA) is 63.2 Å². The lowest BCUT2D eigenvalue weighted by molar-refractivity contribution is 0.102. The summed E-state index contributed by atoms with van der Waals surface area (Å²) in [6.07, 6.45) is 0. The molecule has 8 heteroatoms. The second-order valence-electron chi connectivity index (χ2n) is 6.28. The lowest BCUT2D eigenvalue weighted by Gasteiger charge is -2.09. The fourth-order valence-electron chi connectivity index (χ4n) is 2.49. The molecule has 0 amide bonds. The molecule has 3 rings (SSSR count). The number of rotatable bonds is 7. The summed E-state index contributed by atoms with van der Waals surface area (Å²) in [4.78, 5) is 13.4. The van der Waals surface area contributed by atoms with Crippen LogP contribution < -0.4 is 4.72 Å². The Labute approximate surface area is 184 Å². The van der Waals surface area contributed by atoms with Gasteiger partial charge < -0.3 is 0 Å². The van der Waals surface area contributed by atoms with Crippen LogP contribution in [0.3, 0.4) is 0 Å². The van der Waals surface area contributed by atoms with E-state index < -0.39 is 10.0 Å². The Bertz CT molecular complexity index is 1130. The van der Waals surface area contributed by atoms with Crippen molar-refractivity contribution in [2.45, 2.75) is 16.7 Å². The molecule has 0 radical (unpaired) electrons. The molecule has 150 valence electrons. The van der Waals surface area contributed by atoms with E-state index in [1.807, 2.05) is 6.92 Å². The van der Waals surface area contributed by atoms with Crippen molar-refractivity contribution < 1.29 is 13.2 Å². The first-order valence-electron chi connectivity index (χ1n) is 8.55. The predicted molar refractivity (Wildman–Crippen MR) is 120 cm³/mol. The van der Waals surface area contributed by atoms with E-state index in [0.29, 0.717) is 21.3 Å². The monoisotopic (exact) mass is 465 g/mol. The van der Waals surface area contributed by atoms with E-state index in [0.717, 1.165) is 10.5 Å². The van der Waals surface area contributed by atoms with Gasteiger partial charge in [-0.3, -0.25) is 9.52 Å². The van der Waals surface area contributed by atoms with Crippen LogP contribution in [-0.2, 0) is 10.0 Å². The van der Waals surface area contributed by atoms with Gasteiger partial charge in [-0.2, -0.15) is 0 Å². The van der Waals surface area contributed by atoms with Gasteiger partial charge in [0.1, 0.15) is 0 Å². The molecule has 0 atom stereocenters. The minimum Gasteiger partial charge on any atom is -0.293 e. The second kappa shape index (κ2) is 9.22. The molecule has 4 nitrogen and oxygen atoms in total. The van der Waals surface area contributed by atoms with Crippen LogP contribution in [0.25, 0.3) is 0 Å². The van der Waals surface area contributed by atoms with E-state index in [1.165, 1.54) is 17.8 Å². The quantitative estimate of drug-likeness (QED) is 0.339. The Hall–Kier alpha value is -1.99. The fraction of sp³-hybridized carbons (Fsp3) is 0.0952. The number of carbonyl (C=O) groups is 1. The maximum Gasteiger partial charge on any atom is 0.261 e. The summed E-state index contributed by atoms with van der Waals surface area (Å²) in [7, 11) is -3.65. The third-order valence-corrected chi connectivity index (χ3v) is 7.00. The van der Waals surface area contributed by atoms with Crippen LogP contribution in [0, 0.1) is 6.92 Å². The standard InChI is InChI=1S/C21H17Cl2NO3S2/c1-14-2-9-18(10-3-14)29(26,27)24-16-5-7-17(8-6-16)28-13-21(25)19-11-4-15(22)12-20(19)23/h2-12,24H,13H2,1H3. The summed E-state index contributed by atoms with van der Waals surface area (Å²) in [6, 6.07) is 18.2. The molecule has 0 aliphatic carbocycles. The molecule has 0 saturated carbocycles. The van der Waals surface area contributed by atoms with Crippen LogP contribution in [0.1, 0.15) is 15.9 Å². The first-order chi connectivity index (χ1) is 13.7. The summed E-state index contributed by atoms with van der Waals surface area (Å²) >= 11 is 13.3. The lowest BCUT2D eigenvalue weighted by Crippen LogP contribution is -2.12. The summed E-state index contributed by atoms with van der Waals surface area (Å²) in [5.41, 5.74) is 1.85. The minimum absolute atomic E-state index is 0.110.